The second-order valence-corrected chi connectivity index (χ2v) is 14.6. The predicted molar refractivity (Wildman–Crippen MR) is 185 cm³/mol. The standard InChI is InChI=1S/C38H37F3N6O4/c1-3-26-28(40)6-5-22-11-25(48)12-27(29(22)26)32-31(41)33-30(35(42-32)49-2)34(46-16-24-7-9-38(19-46,45-24)23-17-50-18-23)44-36(43-33)51-20-37-8-4-10-47(37)15-21(13-37)14-39/h1,5-6,11-12,14,23-24,45,48H,4,7-10,13,15-20H2,2H3/b21-14-/t24?,37-,38?/m0/s1. The summed E-state index contributed by atoms with van der Waals surface area (Å²) >= 11 is 0. The van der Waals surface area contributed by atoms with Crippen LogP contribution in [0.2, 0.25) is 0 Å². The number of anilines is 1. The van der Waals surface area contributed by atoms with Crippen LogP contribution in [-0.2, 0) is 4.74 Å². The third kappa shape index (κ3) is 5.02. The van der Waals surface area contributed by atoms with E-state index in [-0.39, 0.29) is 68.9 Å². The molecule has 0 aliphatic carbocycles. The SMILES string of the molecule is C#Cc1c(F)ccc2cc(O)cc(-c3nc(OC)c4c(N5CC6CCC(C7COC7)(C5)N6)nc(OC[C@@]56CCCN5C/C(=C\F)C6)nc4c3F)c12. The Balaban J connectivity index is 1.23. The fraction of sp³-hybridized carbons (Fsp3) is 0.447. The van der Waals surface area contributed by atoms with Crippen LogP contribution in [-0.4, -0.2) is 95.2 Å². The van der Waals surface area contributed by atoms with Gasteiger partial charge < -0.3 is 29.5 Å². The molecular formula is C38H37F3N6O4. The van der Waals surface area contributed by atoms with Crippen molar-refractivity contribution < 1.29 is 32.5 Å². The van der Waals surface area contributed by atoms with E-state index in [1.54, 1.807) is 0 Å². The van der Waals surface area contributed by atoms with Crippen molar-refractivity contribution in [3.05, 3.63) is 53.4 Å². The molecule has 13 heteroatoms. The van der Waals surface area contributed by atoms with E-state index in [1.165, 1.54) is 31.4 Å². The van der Waals surface area contributed by atoms with Gasteiger partial charge in [0.05, 0.1) is 37.8 Å². The third-order valence-electron chi connectivity index (χ3n) is 11.7. The van der Waals surface area contributed by atoms with E-state index in [4.69, 9.17) is 25.6 Å². The number of nitrogens with one attached hydrogen (secondary N) is 1. The van der Waals surface area contributed by atoms with Crippen LogP contribution in [0.1, 0.15) is 37.7 Å². The summed E-state index contributed by atoms with van der Waals surface area (Å²) in [5.41, 5.74) is -0.223. The van der Waals surface area contributed by atoms with Gasteiger partial charge in [0.25, 0.3) is 0 Å². The molecule has 0 spiro atoms. The number of rotatable bonds is 7. The van der Waals surface area contributed by atoms with Crippen LogP contribution < -0.4 is 19.7 Å². The van der Waals surface area contributed by atoms with Gasteiger partial charge in [-0.05, 0) is 67.8 Å². The molecule has 2 unspecified atom stereocenters. The van der Waals surface area contributed by atoms with Crippen LogP contribution in [0.25, 0.3) is 32.9 Å². The molecule has 4 aromatic rings. The molecule has 0 saturated carbocycles. The van der Waals surface area contributed by atoms with Crippen molar-refractivity contribution in [2.75, 3.05) is 58.0 Å². The summed E-state index contributed by atoms with van der Waals surface area (Å²) in [6, 6.07) is 5.57. The lowest BCUT2D eigenvalue weighted by molar-refractivity contribution is -0.0759. The van der Waals surface area contributed by atoms with Crippen molar-refractivity contribution in [1.82, 2.24) is 25.2 Å². The van der Waals surface area contributed by atoms with Crippen LogP contribution in [0, 0.1) is 29.9 Å². The molecule has 0 radical (unpaired) electrons. The summed E-state index contributed by atoms with van der Waals surface area (Å²) in [7, 11) is 1.43. The smallest absolute Gasteiger partial charge is 0.319 e. The van der Waals surface area contributed by atoms with Crippen LogP contribution in [0.15, 0.2) is 36.2 Å². The highest BCUT2D eigenvalue weighted by atomic mass is 19.1. The van der Waals surface area contributed by atoms with E-state index >= 15 is 8.78 Å². The van der Waals surface area contributed by atoms with Gasteiger partial charge in [-0.2, -0.15) is 9.97 Å². The monoisotopic (exact) mass is 698 g/mol. The van der Waals surface area contributed by atoms with E-state index in [0.717, 1.165) is 32.2 Å². The number of piperazine rings is 1. The fourth-order valence-electron chi connectivity index (χ4n) is 9.21. The number of hydrogen-bond donors (Lipinski definition) is 2. The molecule has 5 aliphatic rings. The van der Waals surface area contributed by atoms with E-state index in [2.05, 4.69) is 31.0 Å². The second kappa shape index (κ2) is 12.0. The van der Waals surface area contributed by atoms with Gasteiger partial charge in [0.15, 0.2) is 5.82 Å². The summed E-state index contributed by atoms with van der Waals surface area (Å²) in [5, 5.41) is 15.4. The maximum Gasteiger partial charge on any atom is 0.319 e. The maximum atomic E-state index is 17.3. The summed E-state index contributed by atoms with van der Waals surface area (Å²) in [5.74, 6) is 1.52. The molecular weight excluding hydrogens is 661 g/mol. The molecule has 10 nitrogen and oxygen atoms in total. The fourth-order valence-corrected chi connectivity index (χ4v) is 9.21. The van der Waals surface area contributed by atoms with E-state index in [0.29, 0.717) is 68.3 Å². The first-order valence-corrected chi connectivity index (χ1v) is 17.4. The van der Waals surface area contributed by atoms with Crippen LogP contribution in [0.3, 0.4) is 0 Å². The molecule has 5 saturated heterocycles. The average molecular weight is 699 g/mol. The Labute approximate surface area is 292 Å². The summed E-state index contributed by atoms with van der Waals surface area (Å²) in [6.07, 6.45) is 10.7. The van der Waals surface area contributed by atoms with Gasteiger partial charge in [0.1, 0.15) is 40.6 Å². The van der Waals surface area contributed by atoms with Gasteiger partial charge in [-0.15, -0.1) is 6.42 Å². The number of phenols is 1. The average Bonchev–Trinajstić information content (AvgIpc) is 3.76. The van der Waals surface area contributed by atoms with Crippen molar-refractivity contribution in [2.24, 2.45) is 5.92 Å². The molecule has 2 bridgehead atoms. The molecule has 5 aliphatic heterocycles. The first-order chi connectivity index (χ1) is 24.7. The number of pyridine rings is 1. The number of ether oxygens (including phenoxy) is 3. The molecule has 3 atom stereocenters. The van der Waals surface area contributed by atoms with Crippen molar-refractivity contribution in [3.63, 3.8) is 0 Å². The minimum atomic E-state index is -0.831. The third-order valence-corrected chi connectivity index (χ3v) is 11.7. The van der Waals surface area contributed by atoms with Crippen molar-refractivity contribution in [3.8, 4) is 41.2 Å². The molecule has 0 amide bonds. The van der Waals surface area contributed by atoms with Crippen LogP contribution in [0.4, 0.5) is 19.0 Å². The van der Waals surface area contributed by atoms with E-state index in [9.17, 15) is 9.50 Å². The molecule has 51 heavy (non-hydrogen) atoms. The highest BCUT2D eigenvalue weighted by Gasteiger charge is 2.52. The topological polar surface area (TPSA) is 105 Å². The lowest BCUT2D eigenvalue weighted by Crippen LogP contribution is -2.66. The van der Waals surface area contributed by atoms with Crippen molar-refractivity contribution >= 4 is 27.5 Å². The normalized spacial score (nSPS) is 26.9. The van der Waals surface area contributed by atoms with E-state index < -0.39 is 17.2 Å². The van der Waals surface area contributed by atoms with Gasteiger partial charge in [0.2, 0.25) is 5.88 Å². The summed E-state index contributed by atoms with van der Waals surface area (Å²) in [6.45, 7) is 4.11. The first kappa shape index (κ1) is 32.3. The lowest BCUT2D eigenvalue weighted by Gasteiger charge is -2.49. The molecule has 2 aromatic heterocycles. The Morgan fingerprint density at radius 1 is 1.18 bits per heavy atom. The van der Waals surface area contributed by atoms with Gasteiger partial charge in [-0.3, -0.25) is 4.90 Å². The highest BCUT2D eigenvalue weighted by Crippen LogP contribution is 2.46. The van der Waals surface area contributed by atoms with Gasteiger partial charge in [-0.25, -0.2) is 18.2 Å². The summed E-state index contributed by atoms with van der Waals surface area (Å²) < 4.78 is 63.8. The second-order valence-electron chi connectivity index (χ2n) is 14.6. The number of nitrogens with zero attached hydrogens (tertiary/aromatic N) is 5. The molecule has 264 valence electrons. The number of halogens is 3. The Hall–Kier alpha value is -4.64. The molecule has 2 aromatic carbocycles. The Bertz CT molecular complexity index is 2170. The molecule has 9 rings (SSSR count). The zero-order chi connectivity index (χ0) is 35.1. The zero-order valence-electron chi connectivity index (χ0n) is 28.1. The van der Waals surface area contributed by atoms with E-state index in [1.807, 2.05) is 0 Å². The van der Waals surface area contributed by atoms with Gasteiger partial charge in [0, 0.05) is 48.1 Å². The molecule has 2 N–H and O–H groups in total. The van der Waals surface area contributed by atoms with Crippen LogP contribution >= 0.6 is 0 Å². The van der Waals surface area contributed by atoms with Gasteiger partial charge >= 0.3 is 6.01 Å². The minimum absolute atomic E-state index is 0.0301. The van der Waals surface area contributed by atoms with Gasteiger partial charge in [-0.1, -0.05) is 12.0 Å². The number of hydrogen-bond acceptors (Lipinski definition) is 10. The number of phenolic OH excluding ortho intramolecular Hbond substituents is 1. The number of aromatic nitrogens is 3. The highest BCUT2D eigenvalue weighted by molar-refractivity contribution is 6.04. The zero-order valence-corrected chi connectivity index (χ0v) is 28.1. The Morgan fingerprint density at radius 2 is 2.04 bits per heavy atom. The summed E-state index contributed by atoms with van der Waals surface area (Å²) in [4.78, 5) is 18.6. The largest absolute Gasteiger partial charge is 0.508 e. The number of aromatic hydroxyl groups is 1. The molecule has 5 fully saturated rings. The van der Waals surface area contributed by atoms with Crippen molar-refractivity contribution in [2.45, 2.75) is 49.2 Å². The minimum Gasteiger partial charge on any atom is -0.508 e. The molecule has 7 heterocycles. The number of benzene rings is 2. The maximum absolute atomic E-state index is 17.3. The predicted octanol–water partition coefficient (Wildman–Crippen LogP) is 5.25. The quantitative estimate of drug-likeness (QED) is 0.249. The van der Waals surface area contributed by atoms with Crippen LogP contribution in [0.5, 0.6) is 17.6 Å². The first-order valence-electron chi connectivity index (χ1n) is 17.4. The Kier molecular flexibility index (Phi) is 7.58. The number of fused-ring (bicyclic) bond motifs is 5. The Morgan fingerprint density at radius 3 is 2.80 bits per heavy atom. The number of terminal acetylenes is 1. The number of methoxy groups -OCH3 is 1. The van der Waals surface area contributed by atoms with Crippen molar-refractivity contribution in [1.29, 1.82) is 0 Å². The lowest BCUT2D eigenvalue weighted by atomic mass is 9.80.